The summed E-state index contributed by atoms with van der Waals surface area (Å²) in [6.07, 6.45) is 7.28. The van der Waals surface area contributed by atoms with Gasteiger partial charge in [0, 0.05) is 55.6 Å². The largest absolute Gasteiger partial charge is 0.376 e. The molecule has 3 aliphatic heterocycles. The molecule has 184 valence electrons. The highest BCUT2D eigenvalue weighted by molar-refractivity contribution is 5.96. The molecule has 4 N–H and O–H groups in total. The summed E-state index contributed by atoms with van der Waals surface area (Å²) in [5.74, 6) is 1.38. The SMILES string of the molecule is CNC(=O)c1nccc2c1CCCN2c1n[nH]c2nc(N3CCC4(CC3)CO[C@@H](C)[C@H]4N)cnc12. The maximum absolute atomic E-state index is 12.3. The minimum atomic E-state index is -0.178. The summed E-state index contributed by atoms with van der Waals surface area (Å²) >= 11 is 0. The maximum Gasteiger partial charge on any atom is 0.269 e. The number of aromatic nitrogens is 5. The topological polar surface area (TPSA) is 138 Å². The van der Waals surface area contributed by atoms with E-state index in [4.69, 9.17) is 20.4 Å². The van der Waals surface area contributed by atoms with Crippen LogP contribution in [0, 0.1) is 5.41 Å². The van der Waals surface area contributed by atoms with Crippen LogP contribution < -0.4 is 20.9 Å². The number of carbonyl (C=O) groups excluding carboxylic acids is 1. The summed E-state index contributed by atoms with van der Waals surface area (Å²) in [5, 5.41) is 10.3. The first-order valence-corrected chi connectivity index (χ1v) is 12.3. The van der Waals surface area contributed by atoms with E-state index in [1.165, 1.54) is 0 Å². The molecule has 0 radical (unpaired) electrons. The van der Waals surface area contributed by atoms with E-state index in [2.05, 4.69) is 37.2 Å². The number of rotatable bonds is 3. The molecule has 2 saturated heterocycles. The molecule has 6 rings (SSSR count). The van der Waals surface area contributed by atoms with E-state index in [0.717, 1.165) is 74.8 Å². The van der Waals surface area contributed by atoms with Crippen LogP contribution in [0.1, 0.15) is 42.2 Å². The Kier molecular flexibility index (Phi) is 5.33. The van der Waals surface area contributed by atoms with Gasteiger partial charge in [-0.3, -0.25) is 14.9 Å². The number of nitrogens with one attached hydrogen (secondary N) is 2. The predicted octanol–water partition coefficient (Wildman–Crippen LogP) is 1.52. The second-order valence-corrected chi connectivity index (χ2v) is 9.86. The number of ether oxygens (including phenoxy) is 1. The van der Waals surface area contributed by atoms with Crippen LogP contribution in [-0.4, -0.2) is 76.5 Å². The monoisotopic (exact) mass is 477 g/mol. The molecule has 2 atom stereocenters. The molecule has 0 bridgehead atoms. The van der Waals surface area contributed by atoms with E-state index in [1.54, 1.807) is 13.2 Å². The van der Waals surface area contributed by atoms with Gasteiger partial charge < -0.3 is 25.6 Å². The number of carbonyl (C=O) groups is 1. The fourth-order valence-electron chi connectivity index (χ4n) is 5.82. The lowest BCUT2D eigenvalue weighted by molar-refractivity contribution is 0.0956. The van der Waals surface area contributed by atoms with Crippen molar-refractivity contribution < 1.29 is 9.53 Å². The average Bonchev–Trinajstić information content (AvgIpc) is 3.44. The third kappa shape index (κ3) is 3.52. The van der Waals surface area contributed by atoms with Crippen molar-refractivity contribution >= 4 is 34.4 Å². The van der Waals surface area contributed by atoms with Gasteiger partial charge in [-0.05, 0) is 38.7 Å². The quantitative estimate of drug-likeness (QED) is 0.512. The van der Waals surface area contributed by atoms with Crippen molar-refractivity contribution in [2.24, 2.45) is 11.1 Å². The first kappa shape index (κ1) is 22.2. The van der Waals surface area contributed by atoms with Gasteiger partial charge >= 0.3 is 0 Å². The van der Waals surface area contributed by atoms with Gasteiger partial charge in [0.05, 0.1) is 18.9 Å². The minimum absolute atomic E-state index is 0.0681. The van der Waals surface area contributed by atoms with Gasteiger partial charge in [0.1, 0.15) is 11.5 Å². The summed E-state index contributed by atoms with van der Waals surface area (Å²) in [4.78, 5) is 30.7. The first-order valence-electron chi connectivity index (χ1n) is 12.3. The highest BCUT2D eigenvalue weighted by Crippen LogP contribution is 2.42. The summed E-state index contributed by atoms with van der Waals surface area (Å²) in [7, 11) is 1.62. The van der Waals surface area contributed by atoms with Gasteiger partial charge in [0.15, 0.2) is 17.0 Å². The molecule has 1 spiro atoms. The van der Waals surface area contributed by atoms with Crippen LogP contribution in [0.2, 0.25) is 0 Å². The number of hydrogen-bond donors (Lipinski definition) is 3. The second-order valence-electron chi connectivity index (χ2n) is 9.86. The fraction of sp³-hybridized carbons (Fsp3) is 0.542. The van der Waals surface area contributed by atoms with Crippen molar-refractivity contribution in [2.45, 2.75) is 44.8 Å². The molecule has 0 aromatic carbocycles. The molecule has 2 fully saturated rings. The molecule has 6 heterocycles. The number of nitrogens with zero attached hydrogens (tertiary/aromatic N) is 6. The molecule has 1 amide bonds. The van der Waals surface area contributed by atoms with Crippen LogP contribution in [0.5, 0.6) is 0 Å². The van der Waals surface area contributed by atoms with Crippen molar-refractivity contribution in [2.75, 3.05) is 43.1 Å². The minimum Gasteiger partial charge on any atom is -0.376 e. The van der Waals surface area contributed by atoms with E-state index in [9.17, 15) is 4.79 Å². The van der Waals surface area contributed by atoms with Crippen LogP contribution in [0.15, 0.2) is 18.5 Å². The van der Waals surface area contributed by atoms with Gasteiger partial charge in [0.2, 0.25) is 0 Å². The standard InChI is InChI=1S/C24H31N9O2/c1-14-20(25)24(13-35-14)6-10-32(11-7-24)17-12-28-19-21(29-17)30-31-22(19)33-9-3-4-15-16(33)5-8-27-18(15)23(34)26-2/h5,8,12,14,20H,3-4,6-7,9-11,13,25H2,1-2H3,(H,26,34)(H,29,30,31)/t14-,20+/m0/s1. The van der Waals surface area contributed by atoms with E-state index >= 15 is 0 Å². The number of amides is 1. The van der Waals surface area contributed by atoms with Crippen molar-refractivity contribution in [3.8, 4) is 0 Å². The molecule has 3 aliphatic rings. The zero-order valence-electron chi connectivity index (χ0n) is 20.1. The number of pyridine rings is 1. The zero-order valence-corrected chi connectivity index (χ0v) is 20.1. The van der Waals surface area contributed by atoms with Crippen molar-refractivity contribution in [3.05, 3.63) is 29.7 Å². The fourth-order valence-corrected chi connectivity index (χ4v) is 5.82. The Labute approximate surface area is 203 Å². The number of piperidine rings is 1. The van der Waals surface area contributed by atoms with Crippen LogP contribution in [-0.2, 0) is 11.2 Å². The highest BCUT2D eigenvalue weighted by Gasteiger charge is 2.47. The van der Waals surface area contributed by atoms with E-state index < -0.39 is 0 Å². The Balaban J connectivity index is 1.26. The summed E-state index contributed by atoms with van der Waals surface area (Å²) in [5.41, 5.74) is 10.2. The Morgan fingerprint density at radius 2 is 2.11 bits per heavy atom. The van der Waals surface area contributed by atoms with Crippen LogP contribution in [0.25, 0.3) is 11.2 Å². The Bertz CT molecular complexity index is 1270. The molecule has 0 saturated carbocycles. The van der Waals surface area contributed by atoms with Crippen LogP contribution in [0.3, 0.4) is 0 Å². The number of hydrogen-bond acceptors (Lipinski definition) is 9. The molecular formula is C24H31N9O2. The lowest BCUT2D eigenvalue weighted by Gasteiger charge is -2.41. The third-order valence-electron chi connectivity index (χ3n) is 8.00. The average molecular weight is 478 g/mol. The maximum atomic E-state index is 12.3. The molecule has 11 heteroatoms. The lowest BCUT2D eigenvalue weighted by atomic mass is 9.73. The van der Waals surface area contributed by atoms with E-state index in [0.29, 0.717) is 16.9 Å². The number of aromatic amines is 1. The number of fused-ring (bicyclic) bond motifs is 2. The Morgan fingerprint density at radius 3 is 2.86 bits per heavy atom. The molecule has 3 aromatic heterocycles. The normalized spacial score (nSPS) is 23.6. The molecule has 0 aliphatic carbocycles. The number of H-pyrrole nitrogens is 1. The van der Waals surface area contributed by atoms with Gasteiger partial charge in [-0.15, -0.1) is 0 Å². The van der Waals surface area contributed by atoms with Crippen molar-refractivity contribution in [3.63, 3.8) is 0 Å². The van der Waals surface area contributed by atoms with Gasteiger partial charge in [-0.25, -0.2) is 9.97 Å². The van der Waals surface area contributed by atoms with Gasteiger partial charge in [-0.2, -0.15) is 5.10 Å². The Hall–Kier alpha value is -3.31. The molecule has 3 aromatic rings. The van der Waals surface area contributed by atoms with Crippen molar-refractivity contribution in [1.29, 1.82) is 0 Å². The van der Waals surface area contributed by atoms with Crippen molar-refractivity contribution in [1.82, 2.24) is 30.5 Å². The highest BCUT2D eigenvalue weighted by atomic mass is 16.5. The first-order chi connectivity index (χ1) is 17.0. The lowest BCUT2D eigenvalue weighted by Crippen LogP contribution is -2.50. The summed E-state index contributed by atoms with van der Waals surface area (Å²) in [6, 6.07) is 2.02. The number of nitrogens with two attached hydrogens (primary N) is 1. The van der Waals surface area contributed by atoms with Crippen LogP contribution in [0.4, 0.5) is 17.3 Å². The molecule has 35 heavy (non-hydrogen) atoms. The smallest absolute Gasteiger partial charge is 0.269 e. The van der Waals surface area contributed by atoms with Crippen LogP contribution >= 0.6 is 0 Å². The second kappa shape index (κ2) is 8.42. The predicted molar refractivity (Wildman–Crippen MR) is 132 cm³/mol. The van der Waals surface area contributed by atoms with E-state index in [1.807, 2.05) is 12.3 Å². The molecular weight excluding hydrogens is 446 g/mol. The molecule has 0 unspecified atom stereocenters. The van der Waals surface area contributed by atoms with Gasteiger partial charge in [0.25, 0.3) is 5.91 Å². The van der Waals surface area contributed by atoms with Gasteiger partial charge in [-0.1, -0.05) is 0 Å². The molecule has 11 nitrogen and oxygen atoms in total. The van der Waals surface area contributed by atoms with E-state index in [-0.39, 0.29) is 23.5 Å². The summed E-state index contributed by atoms with van der Waals surface area (Å²) in [6.45, 7) is 5.34. The third-order valence-corrected chi connectivity index (χ3v) is 8.00. The Morgan fingerprint density at radius 1 is 1.29 bits per heavy atom. The number of anilines is 3. The zero-order chi connectivity index (χ0) is 24.2. The summed E-state index contributed by atoms with van der Waals surface area (Å²) < 4.78 is 5.85.